The monoisotopic (exact) mass is 414 g/mol. The lowest BCUT2D eigenvalue weighted by molar-refractivity contribution is -0.152. The van der Waals surface area contributed by atoms with E-state index in [1.165, 1.54) is 6.07 Å². The number of benzene rings is 1. The highest BCUT2D eigenvalue weighted by Crippen LogP contribution is 2.61. The Bertz CT molecular complexity index is 1100. The molecule has 8 N–H and O–H groups in total. The molecule has 9 heteroatoms. The van der Waals surface area contributed by atoms with Crippen molar-refractivity contribution in [3.63, 3.8) is 0 Å². The van der Waals surface area contributed by atoms with Gasteiger partial charge in [0.2, 0.25) is 5.78 Å². The van der Waals surface area contributed by atoms with E-state index >= 15 is 0 Å². The quantitative estimate of drug-likeness (QED) is 0.355. The summed E-state index contributed by atoms with van der Waals surface area (Å²) < 4.78 is 0. The van der Waals surface area contributed by atoms with Crippen LogP contribution in [0.25, 0.3) is 5.76 Å². The third-order valence-corrected chi connectivity index (χ3v) is 7.12. The van der Waals surface area contributed by atoms with Gasteiger partial charge in [-0.3, -0.25) is 14.4 Å². The van der Waals surface area contributed by atoms with Gasteiger partial charge in [-0.25, -0.2) is 0 Å². The third kappa shape index (κ3) is 2.11. The number of carbonyl (C=O) groups is 3. The van der Waals surface area contributed by atoms with Gasteiger partial charge in [-0.1, -0.05) is 26.0 Å². The van der Waals surface area contributed by atoms with Gasteiger partial charge in [0, 0.05) is 16.9 Å². The van der Waals surface area contributed by atoms with Crippen LogP contribution < -0.4 is 11.5 Å². The Hall–Kier alpha value is -3.17. The summed E-state index contributed by atoms with van der Waals surface area (Å²) in [6, 6.07) is 3.21. The van der Waals surface area contributed by atoms with Crippen LogP contribution >= 0.6 is 0 Å². The van der Waals surface area contributed by atoms with Gasteiger partial charge in [-0.15, -0.1) is 0 Å². The highest BCUT2D eigenvalue weighted by molar-refractivity contribution is 6.24. The molecule has 5 atom stereocenters. The average molecular weight is 414 g/mol. The van der Waals surface area contributed by atoms with Crippen LogP contribution in [0.5, 0.6) is 5.75 Å². The molecule has 1 saturated carbocycles. The van der Waals surface area contributed by atoms with Crippen molar-refractivity contribution in [1.82, 2.24) is 0 Å². The summed E-state index contributed by atoms with van der Waals surface area (Å²) in [5, 5.41) is 43.2. The van der Waals surface area contributed by atoms with Crippen LogP contribution in [0.15, 0.2) is 35.1 Å². The molecule has 0 heterocycles. The number of aliphatic hydroxyl groups is 3. The van der Waals surface area contributed by atoms with Crippen molar-refractivity contribution in [1.29, 1.82) is 0 Å². The average Bonchev–Trinajstić information content (AvgIpc) is 2.67. The molecule has 3 aliphatic carbocycles. The number of aromatic hydroxyl groups is 1. The smallest absolute Gasteiger partial charge is 0.255 e. The Morgan fingerprint density at radius 3 is 2.43 bits per heavy atom. The maximum atomic E-state index is 13.6. The first-order chi connectivity index (χ1) is 13.9. The Morgan fingerprint density at radius 1 is 1.20 bits per heavy atom. The second-order valence-electron chi connectivity index (χ2n) is 8.49. The van der Waals surface area contributed by atoms with Crippen LogP contribution in [-0.2, 0) is 14.4 Å². The van der Waals surface area contributed by atoms with Gasteiger partial charge in [-0.05, 0) is 24.0 Å². The van der Waals surface area contributed by atoms with Crippen molar-refractivity contribution in [3.05, 3.63) is 46.2 Å². The largest absolute Gasteiger partial charge is 0.508 e. The molecule has 30 heavy (non-hydrogen) atoms. The molecule has 3 aliphatic rings. The third-order valence-electron chi connectivity index (χ3n) is 7.12. The molecule has 1 amide bonds. The fourth-order valence-electron chi connectivity index (χ4n) is 5.31. The molecule has 0 bridgehead atoms. The summed E-state index contributed by atoms with van der Waals surface area (Å²) >= 11 is 0. The molecule has 1 aromatic carbocycles. The zero-order valence-corrected chi connectivity index (χ0v) is 16.3. The fourth-order valence-corrected chi connectivity index (χ4v) is 5.31. The molecule has 0 aromatic heterocycles. The van der Waals surface area contributed by atoms with Gasteiger partial charge < -0.3 is 31.9 Å². The number of Topliss-reactive ketones (excluding diaryl/α,β-unsaturated/α-hetero) is 2. The highest BCUT2D eigenvalue weighted by atomic mass is 16.3. The van der Waals surface area contributed by atoms with E-state index < -0.39 is 63.5 Å². The number of rotatable bonds is 1. The number of aliphatic hydroxyl groups excluding tert-OH is 2. The lowest BCUT2D eigenvalue weighted by atomic mass is 9.50. The van der Waals surface area contributed by atoms with E-state index in [0.29, 0.717) is 5.56 Å². The maximum absolute atomic E-state index is 13.6. The summed E-state index contributed by atoms with van der Waals surface area (Å²) in [7, 11) is 0. The summed E-state index contributed by atoms with van der Waals surface area (Å²) in [6.07, 6.45) is -0.0477. The standard InChI is InChI=1S/C21H22N2O7/c1-7-8-4-3-5-10(24)11(8)15(25)13-18(28)21(30)9(6-20(7,13)2)14(22)16(26)12(17(21)27)19(23)29/h3-5,7,9,14,24-25,27,30H,6,22H2,1-2H3,(H2,23,29)/t7-,9-,14-,20+,21+/m0/s1. The zero-order valence-electron chi connectivity index (χ0n) is 16.3. The minimum absolute atomic E-state index is 0.0477. The van der Waals surface area contributed by atoms with Crippen LogP contribution in [0.2, 0.25) is 0 Å². The van der Waals surface area contributed by atoms with Crippen molar-refractivity contribution in [2.45, 2.75) is 37.8 Å². The lowest BCUT2D eigenvalue weighted by Gasteiger charge is -2.54. The molecule has 0 saturated heterocycles. The van der Waals surface area contributed by atoms with E-state index in [4.69, 9.17) is 11.5 Å². The molecule has 1 fully saturated rings. The molecular formula is C21H22N2O7. The van der Waals surface area contributed by atoms with Gasteiger partial charge in [0.15, 0.2) is 11.4 Å². The number of fused-ring (bicyclic) bond motifs is 3. The highest BCUT2D eigenvalue weighted by Gasteiger charge is 2.66. The topological polar surface area (TPSA) is 184 Å². The van der Waals surface area contributed by atoms with Crippen molar-refractivity contribution in [2.24, 2.45) is 22.8 Å². The van der Waals surface area contributed by atoms with E-state index in [1.54, 1.807) is 26.0 Å². The summed E-state index contributed by atoms with van der Waals surface area (Å²) in [4.78, 5) is 37.9. The molecular weight excluding hydrogens is 392 g/mol. The predicted octanol–water partition coefficient (Wildman–Crippen LogP) is 0.312. The van der Waals surface area contributed by atoms with E-state index in [2.05, 4.69) is 0 Å². The predicted molar refractivity (Wildman–Crippen MR) is 104 cm³/mol. The number of hydrogen-bond acceptors (Lipinski definition) is 8. The molecule has 1 aromatic rings. The first kappa shape index (κ1) is 20.1. The van der Waals surface area contributed by atoms with E-state index in [0.717, 1.165) is 0 Å². The van der Waals surface area contributed by atoms with Crippen LogP contribution in [0.4, 0.5) is 0 Å². The lowest BCUT2D eigenvalue weighted by Crippen LogP contribution is -2.67. The fraction of sp³-hybridized carbons (Fsp3) is 0.381. The number of phenols is 1. The molecule has 0 unspecified atom stereocenters. The molecule has 158 valence electrons. The Morgan fingerprint density at radius 2 is 1.83 bits per heavy atom. The minimum atomic E-state index is -2.71. The first-order valence-electron chi connectivity index (χ1n) is 9.45. The number of phenolic OH excluding ortho intramolecular Hbond substituents is 1. The molecule has 4 rings (SSSR count). The van der Waals surface area contributed by atoms with Gasteiger partial charge in [0.05, 0.1) is 11.6 Å². The number of hydrogen-bond donors (Lipinski definition) is 6. The Labute approximate surface area is 171 Å². The number of nitrogens with two attached hydrogens (primary N) is 2. The normalized spacial score (nSPS) is 35.7. The number of primary amides is 1. The van der Waals surface area contributed by atoms with Crippen LogP contribution in [0.3, 0.4) is 0 Å². The van der Waals surface area contributed by atoms with Crippen LogP contribution in [-0.4, -0.2) is 49.5 Å². The zero-order chi connectivity index (χ0) is 22.3. The van der Waals surface area contributed by atoms with Crippen molar-refractivity contribution in [3.8, 4) is 5.75 Å². The summed E-state index contributed by atoms with van der Waals surface area (Å²) in [6.45, 7) is 3.48. The number of carbonyl (C=O) groups excluding carboxylic acids is 3. The summed E-state index contributed by atoms with van der Waals surface area (Å²) in [5.74, 6) is -6.95. The van der Waals surface area contributed by atoms with Gasteiger partial charge in [0.1, 0.15) is 22.8 Å². The maximum Gasteiger partial charge on any atom is 0.255 e. The van der Waals surface area contributed by atoms with Gasteiger partial charge in [-0.2, -0.15) is 0 Å². The first-order valence-corrected chi connectivity index (χ1v) is 9.45. The second kappa shape index (κ2) is 5.93. The molecule has 9 nitrogen and oxygen atoms in total. The molecule has 0 aliphatic heterocycles. The Kier molecular flexibility index (Phi) is 3.98. The minimum Gasteiger partial charge on any atom is -0.508 e. The number of amides is 1. The van der Waals surface area contributed by atoms with Gasteiger partial charge >= 0.3 is 0 Å². The van der Waals surface area contributed by atoms with Crippen LogP contribution in [0, 0.1) is 11.3 Å². The van der Waals surface area contributed by atoms with Crippen molar-refractivity contribution >= 4 is 23.2 Å². The van der Waals surface area contributed by atoms with Gasteiger partial charge in [0.25, 0.3) is 5.91 Å². The van der Waals surface area contributed by atoms with Crippen molar-refractivity contribution in [2.75, 3.05) is 0 Å². The Balaban J connectivity index is 2.05. The van der Waals surface area contributed by atoms with E-state index in [9.17, 15) is 34.8 Å². The molecule has 0 spiro atoms. The SMILES string of the molecule is C[C@H]1c2cccc(O)c2C(O)=C2C(=O)[C@]3(O)C(O)=C(C(N)=O)C(=O)[C@@H](N)[C@@H]3C[C@@]21C. The van der Waals surface area contributed by atoms with E-state index in [1.807, 2.05) is 0 Å². The molecule has 0 radical (unpaired) electrons. The summed E-state index contributed by atoms with van der Waals surface area (Å²) in [5.41, 5.74) is 6.93. The number of ketones is 2. The van der Waals surface area contributed by atoms with Crippen molar-refractivity contribution < 1.29 is 34.8 Å². The van der Waals surface area contributed by atoms with Crippen LogP contribution in [0.1, 0.15) is 37.3 Å². The van der Waals surface area contributed by atoms with E-state index in [-0.39, 0.29) is 23.3 Å². The second-order valence-corrected chi connectivity index (χ2v) is 8.49.